The van der Waals surface area contributed by atoms with E-state index in [1.165, 1.54) is 0 Å². The lowest BCUT2D eigenvalue weighted by atomic mass is 10.1. The molecule has 0 spiro atoms. The Balaban J connectivity index is 1.89. The van der Waals surface area contributed by atoms with E-state index in [1.807, 2.05) is 44.2 Å². The first-order chi connectivity index (χ1) is 9.18. The van der Waals surface area contributed by atoms with Crippen molar-refractivity contribution in [2.75, 3.05) is 26.2 Å². The van der Waals surface area contributed by atoms with Gasteiger partial charge < -0.3 is 10.1 Å². The number of carbonyl (C=O) groups is 1. The Kier molecular flexibility index (Phi) is 4.93. The topological polar surface area (TPSA) is 41.6 Å². The van der Waals surface area contributed by atoms with Gasteiger partial charge in [-0.25, -0.2) is 0 Å². The maximum absolute atomic E-state index is 12.1. The molecular weight excluding hydrogens is 240 g/mol. The molecule has 104 valence electrons. The maximum Gasteiger partial charge on any atom is 0.323 e. The van der Waals surface area contributed by atoms with E-state index in [4.69, 9.17) is 4.74 Å². The number of piperazine rings is 1. The monoisotopic (exact) mass is 262 g/mol. The molecule has 4 heteroatoms. The molecule has 0 radical (unpaired) electrons. The lowest BCUT2D eigenvalue weighted by molar-refractivity contribution is -0.154. The van der Waals surface area contributed by atoms with Crippen LogP contribution in [-0.4, -0.2) is 43.1 Å². The van der Waals surface area contributed by atoms with Gasteiger partial charge >= 0.3 is 5.97 Å². The third-order valence-electron chi connectivity index (χ3n) is 3.60. The molecular formula is C15H22N2O2. The fourth-order valence-corrected chi connectivity index (χ4v) is 2.28. The molecule has 0 amide bonds. The van der Waals surface area contributed by atoms with Crippen molar-refractivity contribution < 1.29 is 9.53 Å². The van der Waals surface area contributed by atoms with Crippen molar-refractivity contribution in [3.63, 3.8) is 0 Å². The van der Waals surface area contributed by atoms with Gasteiger partial charge in [0.25, 0.3) is 0 Å². The number of benzene rings is 1. The van der Waals surface area contributed by atoms with Crippen LogP contribution in [0.1, 0.15) is 25.5 Å². The van der Waals surface area contributed by atoms with Crippen LogP contribution in [0.3, 0.4) is 0 Å². The zero-order valence-electron chi connectivity index (χ0n) is 11.6. The van der Waals surface area contributed by atoms with Crippen LogP contribution in [0.4, 0.5) is 0 Å². The summed E-state index contributed by atoms with van der Waals surface area (Å²) in [5, 5.41) is 3.28. The van der Waals surface area contributed by atoms with Gasteiger partial charge in [0.1, 0.15) is 12.1 Å². The average Bonchev–Trinajstić information content (AvgIpc) is 2.48. The summed E-state index contributed by atoms with van der Waals surface area (Å²) in [5.41, 5.74) is 1.03. The molecule has 1 N–H and O–H groups in total. The van der Waals surface area contributed by atoms with Crippen molar-refractivity contribution in [1.82, 2.24) is 10.2 Å². The molecule has 2 rings (SSSR count). The first-order valence-corrected chi connectivity index (χ1v) is 6.88. The van der Waals surface area contributed by atoms with E-state index < -0.39 is 0 Å². The normalized spacial score (nSPS) is 19.7. The quantitative estimate of drug-likeness (QED) is 0.837. The first kappa shape index (κ1) is 14.0. The van der Waals surface area contributed by atoms with Crippen molar-refractivity contribution in [1.29, 1.82) is 0 Å². The van der Waals surface area contributed by atoms with Crippen LogP contribution in [0.5, 0.6) is 0 Å². The van der Waals surface area contributed by atoms with Crippen LogP contribution in [0.25, 0.3) is 0 Å². The Morgan fingerprint density at radius 2 is 1.84 bits per heavy atom. The minimum atomic E-state index is -0.195. The van der Waals surface area contributed by atoms with Crippen LogP contribution in [0, 0.1) is 0 Å². The van der Waals surface area contributed by atoms with E-state index in [2.05, 4.69) is 10.2 Å². The maximum atomic E-state index is 12.1. The first-order valence-electron chi connectivity index (χ1n) is 6.88. The molecule has 1 fully saturated rings. The van der Waals surface area contributed by atoms with Crippen LogP contribution in [0.2, 0.25) is 0 Å². The molecule has 1 heterocycles. The number of esters is 1. The smallest absolute Gasteiger partial charge is 0.323 e. The summed E-state index contributed by atoms with van der Waals surface area (Å²) >= 11 is 0. The van der Waals surface area contributed by atoms with Crippen molar-refractivity contribution >= 4 is 5.97 Å². The van der Waals surface area contributed by atoms with Crippen molar-refractivity contribution in [2.24, 2.45) is 0 Å². The molecule has 19 heavy (non-hydrogen) atoms. The predicted molar refractivity (Wildman–Crippen MR) is 74.9 cm³/mol. The van der Waals surface area contributed by atoms with Gasteiger partial charge in [0.15, 0.2) is 0 Å². The van der Waals surface area contributed by atoms with Crippen LogP contribution < -0.4 is 5.32 Å². The summed E-state index contributed by atoms with van der Waals surface area (Å²) in [5.74, 6) is -0.141. The van der Waals surface area contributed by atoms with Gasteiger partial charge in [0.2, 0.25) is 0 Å². The number of hydrogen-bond acceptors (Lipinski definition) is 4. The molecule has 1 saturated heterocycles. The van der Waals surface area contributed by atoms with E-state index in [0.29, 0.717) is 0 Å². The lowest BCUT2D eigenvalue weighted by Gasteiger charge is -2.31. The zero-order valence-corrected chi connectivity index (χ0v) is 11.6. The lowest BCUT2D eigenvalue weighted by Crippen LogP contribution is -2.50. The second kappa shape index (κ2) is 6.68. The molecule has 1 aliphatic rings. The van der Waals surface area contributed by atoms with Gasteiger partial charge in [0, 0.05) is 26.2 Å². The summed E-state index contributed by atoms with van der Waals surface area (Å²) in [6, 6.07) is 9.66. The van der Waals surface area contributed by atoms with Crippen molar-refractivity contribution in [3.8, 4) is 0 Å². The Hall–Kier alpha value is -1.39. The summed E-state index contributed by atoms with van der Waals surface area (Å²) in [6.45, 7) is 7.51. The van der Waals surface area contributed by atoms with Gasteiger partial charge in [-0.05, 0) is 19.4 Å². The van der Waals surface area contributed by atoms with Gasteiger partial charge in [-0.3, -0.25) is 9.69 Å². The van der Waals surface area contributed by atoms with E-state index in [1.54, 1.807) is 0 Å². The molecule has 0 bridgehead atoms. The third kappa shape index (κ3) is 3.78. The minimum absolute atomic E-state index is 0.141. The van der Waals surface area contributed by atoms with Crippen LogP contribution in [0.15, 0.2) is 30.3 Å². The summed E-state index contributed by atoms with van der Waals surface area (Å²) in [7, 11) is 0. The summed E-state index contributed by atoms with van der Waals surface area (Å²) in [4.78, 5) is 14.3. The van der Waals surface area contributed by atoms with Crippen molar-refractivity contribution in [2.45, 2.75) is 26.0 Å². The number of hydrogen-bond donors (Lipinski definition) is 1. The van der Waals surface area contributed by atoms with E-state index >= 15 is 0 Å². The van der Waals surface area contributed by atoms with Gasteiger partial charge in [-0.15, -0.1) is 0 Å². The van der Waals surface area contributed by atoms with Gasteiger partial charge in [-0.1, -0.05) is 30.3 Å². The Labute approximate surface area is 114 Å². The highest BCUT2D eigenvalue weighted by atomic mass is 16.5. The Bertz CT molecular complexity index is 402. The Morgan fingerprint density at radius 3 is 2.47 bits per heavy atom. The minimum Gasteiger partial charge on any atom is -0.457 e. The molecule has 4 nitrogen and oxygen atoms in total. The number of nitrogens with zero attached hydrogens (tertiary/aromatic N) is 1. The van der Waals surface area contributed by atoms with Crippen molar-refractivity contribution in [3.05, 3.63) is 35.9 Å². The second-order valence-electron chi connectivity index (χ2n) is 4.95. The Morgan fingerprint density at radius 1 is 1.21 bits per heavy atom. The standard InChI is InChI=1S/C15H22N2O2/c1-12(17-10-8-16-9-11-17)15(18)19-13(2)14-6-4-3-5-7-14/h3-7,12-13,16H,8-11H2,1-2H3. The zero-order chi connectivity index (χ0) is 13.7. The molecule has 0 aliphatic carbocycles. The highest BCUT2D eigenvalue weighted by Crippen LogP contribution is 2.17. The molecule has 1 aromatic carbocycles. The predicted octanol–water partition coefficient (Wildman–Crippen LogP) is 1.58. The average molecular weight is 262 g/mol. The SMILES string of the molecule is CC(OC(=O)C(C)N1CCNCC1)c1ccccc1. The molecule has 0 aromatic heterocycles. The second-order valence-corrected chi connectivity index (χ2v) is 4.95. The van der Waals surface area contributed by atoms with E-state index in [9.17, 15) is 4.79 Å². The van der Waals surface area contributed by atoms with Gasteiger partial charge in [0.05, 0.1) is 0 Å². The largest absolute Gasteiger partial charge is 0.457 e. The summed E-state index contributed by atoms with van der Waals surface area (Å²) < 4.78 is 5.55. The molecule has 0 saturated carbocycles. The molecule has 1 aliphatic heterocycles. The van der Waals surface area contributed by atoms with Crippen LogP contribution >= 0.6 is 0 Å². The summed E-state index contributed by atoms with van der Waals surface area (Å²) in [6.07, 6.45) is -0.195. The molecule has 1 aromatic rings. The van der Waals surface area contributed by atoms with Crippen LogP contribution in [-0.2, 0) is 9.53 Å². The fourth-order valence-electron chi connectivity index (χ4n) is 2.28. The number of rotatable bonds is 4. The number of carbonyl (C=O) groups excluding carboxylic acids is 1. The number of ether oxygens (including phenoxy) is 1. The fraction of sp³-hybridized carbons (Fsp3) is 0.533. The highest BCUT2D eigenvalue weighted by molar-refractivity contribution is 5.75. The van der Waals surface area contributed by atoms with E-state index in [0.717, 1.165) is 31.7 Å². The van der Waals surface area contributed by atoms with Gasteiger partial charge in [-0.2, -0.15) is 0 Å². The molecule has 2 atom stereocenters. The number of nitrogens with one attached hydrogen (secondary N) is 1. The molecule has 2 unspecified atom stereocenters. The highest BCUT2D eigenvalue weighted by Gasteiger charge is 2.25. The van der Waals surface area contributed by atoms with E-state index in [-0.39, 0.29) is 18.1 Å². The third-order valence-corrected chi connectivity index (χ3v) is 3.60.